The van der Waals surface area contributed by atoms with Crippen LogP contribution in [0.1, 0.15) is 25.0 Å². The molecular formula is C20H21ClN2O2S. The van der Waals surface area contributed by atoms with Gasteiger partial charge >= 0.3 is 0 Å². The van der Waals surface area contributed by atoms with E-state index < -0.39 is 5.60 Å². The van der Waals surface area contributed by atoms with E-state index in [1.165, 1.54) is 22.5 Å². The lowest BCUT2D eigenvalue weighted by molar-refractivity contribution is -0.130. The van der Waals surface area contributed by atoms with Gasteiger partial charge in [-0.2, -0.15) is 4.99 Å². The summed E-state index contributed by atoms with van der Waals surface area (Å²) in [7, 11) is 1.92. The van der Waals surface area contributed by atoms with Crippen molar-refractivity contribution >= 4 is 39.1 Å². The SMILES string of the molecule is Cc1cc2sc(=NC(=O)C(C)(C)Oc3ccc(Cl)cc3)n(C)c2cc1C. The number of halogens is 1. The minimum absolute atomic E-state index is 0.331. The van der Waals surface area contributed by atoms with Gasteiger partial charge in [-0.15, -0.1) is 0 Å². The maximum absolute atomic E-state index is 12.7. The number of carbonyl (C=O) groups is 1. The Balaban J connectivity index is 1.95. The number of rotatable bonds is 3. The van der Waals surface area contributed by atoms with Crippen molar-refractivity contribution in [1.82, 2.24) is 4.57 Å². The molecule has 0 radical (unpaired) electrons. The van der Waals surface area contributed by atoms with E-state index in [4.69, 9.17) is 16.3 Å². The molecule has 0 aliphatic rings. The molecule has 0 aliphatic carbocycles. The van der Waals surface area contributed by atoms with Gasteiger partial charge in [0.15, 0.2) is 10.4 Å². The van der Waals surface area contributed by atoms with Crippen LogP contribution in [-0.2, 0) is 11.8 Å². The molecule has 0 unspecified atom stereocenters. The third-order valence-corrected chi connectivity index (χ3v) is 5.67. The van der Waals surface area contributed by atoms with Crippen LogP contribution in [0.4, 0.5) is 0 Å². The second kappa shape index (κ2) is 6.89. The molecule has 0 fully saturated rings. The molecule has 0 bridgehead atoms. The van der Waals surface area contributed by atoms with Crippen LogP contribution < -0.4 is 9.54 Å². The van der Waals surface area contributed by atoms with Crippen LogP contribution in [0.2, 0.25) is 5.02 Å². The standard InChI is InChI=1S/C20H21ClN2O2S/c1-12-10-16-17(11-13(12)2)26-19(23(16)5)22-18(24)20(3,4)25-15-8-6-14(21)7-9-15/h6-11H,1-5H3. The molecule has 0 N–H and O–H groups in total. The molecule has 0 spiro atoms. The number of benzene rings is 2. The van der Waals surface area contributed by atoms with E-state index in [0.29, 0.717) is 15.6 Å². The van der Waals surface area contributed by atoms with Crippen LogP contribution in [0.15, 0.2) is 41.4 Å². The summed E-state index contributed by atoms with van der Waals surface area (Å²) in [6, 6.07) is 11.2. The van der Waals surface area contributed by atoms with Gasteiger partial charge in [0.2, 0.25) is 0 Å². The number of hydrogen-bond donors (Lipinski definition) is 0. The summed E-state index contributed by atoms with van der Waals surface area (Å²) in [5, 5.41) is 0.619. The molecule has 0 saturated carbocycles. The summed E-state index contributed by atoms with van der Waals surface area (Å²) in [5.41, 5.74) is 2.43. The molecule has 26 heavy (non-hydrogen) atoms. The Hall–Kier alpha value is -2.11. The number of aromatic nitrogens is 1. The Morgan fingerprint density at radius 1 is 1.15 bits per heavy atom. The molecule has 1 aromatic heterocycles. The molecule has 0 saturated heterocycles. The highest BCUT2D eigenvalue weighted by atomic mass is 35.5. The summed E-state index contributed by atoms with van der Waals surface area (Å²) in [6.07, 6.45) is 0. The highest BCUT2D eigenvalue weighted by molar-refractivity contribution is 7.16. The van der Waals surface area contributed by atoms with Crippen LogP contribution in [0.3, 0.4) is 0 Å². The third-order valence-electron chi connectivity index (χ3n) is 4.32. The predicted molar refractivity (Wildman–Crippen MR) is 107 cm³/mol. The van der Waals surface area contributed by atoms with Crippen LogP contribution in [0.25, 0.3) is 10.2 Å². The fourth-order valence-corrected chi connectivity index (χ4v) is 3.77. The van der Waals surface area contributed by atoms with Gasteiger partial charge in [0.25, 0.3) is 5.91 Å². The first-order valence-electron chi connectivity index (χ1n) is 8.28. The summed E-state index contributed by atoms with van der Waals surface area (Å²) in [5.74, 6) is 0.248. The topological polar surface area (TPSA) is 43.6 Å². The monoisotopic (exact) mass is 388 g/mol. The Morgan fingerprint density at radius 3 is 2.42 bits per heavy atom. The molecule has 3 aromatic rings. The molecule has 3 rings (SSSR count). The Bertz CT molecular complexity index is 1050. The van der Waals surface area contributed by atoms with Crippen LogP contribution in [-0.4, -0.2) is 16.1 Å². The van der Waals surface area contributed by atoms with Gasteiger partial charge in [-0.05, 0) is 75.2 Å². The minimum atomic E-state index is -1.08. The molecule has 4 nitrogen and oxygen atoms in total. The number of aryl methyl sites for hydroxylation is 3. The van der Waals surface area contributed by atoms with E-state index >= 15 is 0 Å². The van der Waals surface area contributed by atoms with Crippen molar-refractivity contribution in [1.29, 1.82) is 0 Å². The molecule has 1 heterocycles. The van der Waals surface area contributed by atoms with Gasteiger partial charge < -0.3 is 9.30 Å². The van der Waals surface area contributed by atoms with E-state index in [-0.39, 0.29) is 5.91 Å². The van der Waals surface area contributed by atoms with Crippen LogP contribution in [0, 0.1) is 13.8 Å². The maximum Gasteiger partial charge on any atom is 0.291 e. The maximum atomic E-state index is 12.7. The first kappa shape index (κ1) is 18.7. The average Bonchev–Trinajstić information content (AvgIpc) is 2.86. The lowest BCUT2D eigenvalue weighted by Crippen LogP contribution is -2.38. The molecule has 6 heteroatoms. The molecular weight excluding hydrogens is 368 g/mol. The van der Waals surface area contributed by atoms with Gasteiger partial charge in [0.05, 0.1) is 10.2 Å². The van der Waals surface area contributed by atoms with Gasteiger partial charge in [-0.25, -0.2) is 0 Å². The Kier molecular flexibility index (Phi) is 4.95. The van der Waals surface area contributed by atoms with Crippen molar-refractivity contribution in [3.8, 4) is 5.75 Å². The number of carbonyl (C=O) groups excluding carboxylic acids is 1. The summed E-state index contributed by atoms with van der Waals surface area (Å²) in [6.45, 7) is 7.60. The van der Waals surface area contributed by atoms with E-state index in [9.17, 15) is 4.79 Å². The van der Waals surface area contributed by atoms with Crippen molar-refractivity contribution in [2.45, 2.75) is 33.3 Å². The second-order valence-corrected chi connectivity index (χ2v) is 8.28. The second-order valence-electron chi connectivity index (χ2n) is 6.83. The number of fused-ring (bicyclic) bond motifs is 1. The third kappa shape index (κ3) is 3.69. The number of nitrogens with zero attached hydrogens (tertiary/aromatic N) is 2. The van der Waals surface area contributed by atoms with Crippen molar-refractivity contribution < 1.29 is 9.53 Å². The van der Waals surface area contributed by atoms with Crippen molar-refractivity contribution in [3.05, 3.63) is 57.3 Å². The zero-order chi connectivity index (χ0) is 19.1. The fourth-order valence-electron chi connectivity index (χ4n) is 2.55. The quantitative estimate of drug-likeness (QED) is 0.647. The summed E-state index contributed by atoms with van der Waals surface area (Å²) in [4.78, 5) is 17.7. The number of thiazole rings is 1. The van der Waals surface area contributed by atoms with E-state index in [1.807, 2.05) is 11.6 Å². The highest BCUT2D eigenvalue weighted by Gasteiger charge is 2.30. The number of amides is 1. The first-order valence-corrected chi connectivity index (χ1v) is 9.47. The largest absolute Gasteiger partial charge is 0.478 e. The normalized spacial score (nSPS) is 12.6. The van der Waals surface area contributed by atoms with Gasteiger partial charge in [-0.3, -0.25) is 4.79 Å². The molecule has 2 aromatic carbocycles. The summed E-state index contributed by atoms with van der Waals surface area (Å²) >= 11 is 7.39. The zero-order valence-corrected chi connectivity index (χ0v) is 17.0. The molecule has 136 valence electrons. The Morgan fingerprint density at radius 2 is 1.77 bits per heavy atom. The van der Waals surface area contributed by atoms with E-state index in [2.05, 4.69) is 31.0 Å². The predicted octanol–water partition coefficient (Wildman–Crippen LogP) is 4.79. The average molecular weight is 389 g/mol. The first-order chi connectivity index (χ1) is 12.2. The molecule has 0 aliphatic heterocycles. The minimum Gasteiger partial charge on any atom is -0.478 e. The van der Waals surface area contributed by atoms with Crippen molar-refractivity contribution in [2.75, 3.05) is 0 Å². The summed E-state index contributed by atoms with van der Waals surface area (Å²) < 4.78 is 8.89. The van der Waals surface area contributed by atoms with Crippen LogP contribution in [0.5, 0.6) is 5.75 Å². The van der Waals surface area contributed by atoms with E-state index in [0.717, 1.165) is 10.2 Å². The lowest BCUT2D eigenvalue weighted by atomic mass is 10.1. The van der Waals surface area contributed by atoms with Crippen molar-refractivity contribution in [2.24, 2.45) is 12.0 Å². The van der Waals surface area contributed by atoms with E-state index in [1.54, 1.807) is 38.1 Å². The van der Waals surface area contributed by atoms with Crippen LogP contribution >= 0.6 is 22.9 Å². The molecule has 1 amide bonds. The van der Waals surface area contributed by atoms with Gasteiger partial charge in [0.1, 0.15) is 5.75 Å². The smallest absolute Gasteiger partial charge is 0.291 e. The molecule has 0 atom stereocenters. The Labute approximate surface area is 161 Å². The number of ether oxygens (including phenoxy) is 1. The van der Waals surface area contributed by atoms with Gasteiger partial charge in [-0.1, -0.05) is 22.9 Å². The number of hydrogen-bond acceptors (Lipinski definition) is 3. The fraction of sp³-hybridized carbons (Fsp3) is 0.300. The van der Waals surface area contributed by atoms with Gasteiger partial charge in [0, 0.05) is 12.1 Å². The zero-order valence-electron chi connectivity index (χ0n) is 15.5. The highest BCUT2D eigenvalue weighted by Crippen LogP contribution is 2.23. The van der Waals surface area contributed by atoms with Crippen molar-refractivity contribution in [3.63, 3.8) is 0 Å². The lowest BCUT2D eigenvalue weighted by Gasteiger charge is -2.22.